The largest absolute Gasteiger partial charge is 0.349 e. The summed E-state index contributed by atoms with van der Waals surface area (Å²) in [7, 11) is 3.53. The van der Waals surface area contributed by atoms with E-state index < -0.39 is 0 Å². The third-order valence-corrected chi connectivity index (χ3v) is 3.87. The Kier molecular flexibility index (Phi) is 4.67. The zero-order chi connectivity index (χ0) is 14.0. The number of hydrogen-bond donors (Lipinski definition) is 0. The second-order valence-corrected chi connectivity index (χ2v) is 6.00. The van der Waals surface area contributed by atoms with Crippen LogP contribution in [-0.2, 0) is 17.2 Å². The monoisotopic (exact) mass is 391 g/mol. The van der Waals surface area contributed by atoms with Crippen LogP contribution in [0.4, 0.5) is 0 Å². The van der Waals surface area contributed by atoms with Crippen LogP contribution in [0.2, 0.25) is 0 Å². The molecule has 0 aliphatic heterocycles. The van der Waals surface area contributed by atoms with Gasteiger partial charge in [0.1, 0.15) is 5.82 Å². The van der Waals surface area contributed by atoms with Crippen molar-refractivity contribution in [3.8, 4) is 0 Å². The number of aryl methyl sites for hydroxylation is 1. The highest BCUT2D eigenvalue weighted by Gasteiger charge is 2.12. The van der Waals surface area contributed by atoms with Crippen LogP contribution in [0.25, 0.3) is 11.0 Å². The number of imidazole rings is 1. The topological polar surface area (TPSA) is 38.1 Å². The number of carbonyl (C=O) groups excluding carboxylic acids is 1. The zero-order valence-electron chi connectivity index (χ0n) is 10.9. The molecule has 1 amide bonds. The van der Waals surface area contributed by atoms with Gasteiger partial charge in [-0.1, -0.05) is 0 Å². The zero-order valence-corrected chi connectivity index (χ0v) is 13.8. The van der Waals surface area contributed by atoms with E-state index in [9.17, 15) is 4.79 Å². The van der Waals surface area contributed by atoms with Gasteiger partial charge in [0.15, 0.2) is 0 Å². The van der Waals surface area contributed by atoms with Gasteiger partial charge in [0, 0.05) is 30.6 Å². The molecular weight excluding hydrogens is 377 g/mol. The molecule has 0 bridgehead atoms. The molecule has 0 unspecified atom stereocenters. The van der Waals surface area contributed by atoms with Crippen molar-refractivity contribution in [1.82, 2.24) is 14.5 Å². The molecule has 2 aromatic rings. The quantitative estimate of drug-likeness (QED) is 0.594. The van der Waals surface area contributed by atoms with Gasteiger partial charge in [0.2, 0.25) is 5.91 Å². The lowest BCUT2D eigenvalue weighted by molar-refractivity contribution is -0.128. The normalized spacial score (nSPS) is 10.9. The SMILES string of the molecule is CN(C)C(=O)CCn1c(CCl)nc2cc(I)ccc21. The summed E-state index contributed by atoms with van der Waals surface area (Å²) in [6.45, 7) is 0.607. The molecule has 0 atom stereocenters. The molecule has 6 heteroatoms. The standard InChI is InChI=1S/C13H15ClIN3O/c1-17(2)13(19)5-6-18-11-4-3-9(15)7-10(11)16-12(18)8-14/h3-4,7H,5-6,8H2,1-2H3. The van der Waals surface area contributed by atoms with Crippen molar-refractivity contribution in [3.05, 3.63) is 27.6 Å². The van der Waals surface area contributed by atoms with E-state index in [1.165, 1.54) is 0 Å². The third-order valence-electron chi connectivity index (χ3n) is 2.96. The van der Waals surface area contributed by atoms with Gasteiger partial charge in [0.25, 0.3) is 0 Å². The van der Waals surface area contributed by atoms with Gasteiger partial charge < -0.3 is 9.47 Å². The number of alkyl halides is 1. The van der Waals surface area contributed by atoms with Crippen LogP contribution in [0, 0.1) is 3.57 Å². The first kappa shape index (κ1) is 14.6. The number of amides is 1. The molecule has 102 valence electrons. The lowest BCUT2D eigenvalue weighted by Crippen LogP contribution is -2.23. The number of rotatable bonds is 4. The summed E-state index contributed by atoms with van der Waals surface area (Å²) in [5.74, 6) is 1.26. The molecule has 0 saturated carbocycles. The summed E-state index contributed by atoms with van der Waals surface area (Å²) in [6.07, 6.45) is 0.453. The molecule has 0 saturated heterocycles. The van der Waals surface area contributed by atoms with Crippen LogP contribution in [0.3, 0.4) is 0 Å². The van der Waals surface area contributed by atoms with Gasteiger partial charge in [0.05, 0.1) is 16.9 Å². The number of hydrogen-bond acceptors (Lipinski definition) is 2. The summed E-state index contributed by atoms with van der Waals surface area (Å²) in [5.41, 5.74) is 1.96. The predicted octanol–water partition coefficient (Wildman–Crippen LogP) is 2.86. The molecular formula is C13H15ClIN3O. The summed E-state index contributed by atoms with van der Waals surface area (Å²) in [5, 5.41) is 0. The molecule has 0 N–H and O–H groups in total. The molecule has 0 aliphatic carbocycles. The number of nitrogens with zero attached hydrogens (tertiary/aromatic N) is 3. The Labute approximate surface area is 130 Å². The second kappa shape index (κ2) is 6.09. The van der Waals surface area contributed by atoms with Crippen LogP contribution >= 0.6 is 34.2 Å². The number of benzene rings is 1. The lowest BCUT2D eigenvalue weighted by Gasteiger charge is -2.12. The highest BCUT2D eigenvalue weighted by atomic mass is 127. The summed E-state index contributed by atoms with van der Waals surface area (Å²) in [6, 6.07) is 6.09. The van der Waals surface area contributed by atoms with Crippen LogP contribution in [-0.4, -0.2) is 34.5 Å². The predicted molar refractivity (Wildman–Crippen MR) is 85.3 cm³/mol. The highest BCUT2D eigenvalue weighted by Crippen LogP contribution is 2.20. The number of fused-ring (bicyclic) bond motifs is 1. The Morgan fingerprint density at radius 3 is 2.84 bits per heavy atom. The number of halogens is 2. The molecule has 0 spiro atoms. The molecule has 0 aliphatic rings. The minimum absolute atomic E-state index is 0.105. The summed E-state index contributed by atoms with van der Waals surface area (Å²) >= 11 is 8.20. The maximum Gasteiger partial charge on any atom is 0.223 e. The maximum atomic E-state index is 11.7. The van der Waals surface area contributed by atoms with E-state index >= 15 is 0 Å². The smallest absolute Gasteiger partial charge is 0.223 e. The third kappa shape index (κ3) is 3.20. The molecule has 1 heterocycles. The van der Waals surface area contributed by atoms with Gasteiger partial charge in [-0.3, -0.25) is 4.79 Å². The first-order valence-corrected chi connectivity index (χ1v) is 7.55. The average Bonchev–Trinajstić information content (AvgIpc) is 2.72. The van der Waals surface area contributed by atoms with Gasteiger partial charge in [-0.05, 0) is 40.8 Å². The fourth-order valence-corrected chi connectivity index (χ4v) is 2.61. The number of carbonyl (C=O) groups is 1. The number of aromatic nitrogens is 2. The average molecular weight is 392 g/mol. The molecule has 4 nitrogen and oxygen atoms in total. The van der Waals surface area contributed by atoms with Crippen molar-refractivity contribution >= 4 is 51.1 Å². The van der Waals surface area contributed by atoms with Crippen LogP contribution in [0.1, 0.15) is 12.2 Å². The van der Waals surface area contributed by atoms with Crippen LogP contribution in [0.5, 0.6) is 0 Å². The molecule has 1 aromatic heterocycles. The highest BCUT2D eigenvalue weighted by molar-refractivity contribution is 14.1. The van der Waals surface area contributed by atoms with E-state index in [1.54, 1.807) is 19.0 Å². The van der Waals surface area contributed by atoms with E-state index in [0.717, 1.165) is 20.4 Å². The van der Waals surface area contributed by atoms with Gasteiger partial charge >= 0.3 is 0 Å². The molecule has 1 aromatic carbocycles. The summed E-state index contributed by atoms with van der Waals surface area (Å²) in [4.78, 5) is 17.8. The Hall–Kier alpha value is -0.820. The van der Waals surface area contributed by atoms with Crippen molar-refractivity contribution in [2.75, 3.05) is 14.1 Å². The first-order chi connectivity index (χ1) is 9.02. The van der Waals surface area contributed by atoms with Crippen molar-refractivity contribution < 1.29 is 4.79 Å². The van der Waals surface area contributed by atoms with Crippen LogP contribution < -0.4 is 0 Å². The minimum Gasteiger partial charge on any atom is -0.349 e. The van der Waals surface area contributed by atoms with Crippen molar-refractivity contribution in [2.45, 2.75) is 18.8 Å². The van der Waals surface area contributed by atoms with E-state index in [1.807, 2.05) is 22.8 Å². The van der Waals surface area contributed by atoms with Crippen molar-refractivity contribution in [2.24, 2.45) is 0 Å². The van der Waals surface area contributed by atoms with Gasteiger partial charge in [-0.2, -0.15) is 0 Å². The lowest BCUT2D eigenvalue weighted by atomic mass is 10.3. The van der Waals surface area contributed by atoms with Crippen molar-refractivity contribution in [1.29, 1.82) is 0 Å². The van der Waals surface area contributed by atoms with Gasteiger partial charge in [-0.15, -0.1) is 11.6 Å². The van der Waals surface area contributed by atoms with E-state index in [0.29, 0.717) is 18.8 Å². The van der Waals surface area contributed by atoms with Gasteiger partial charge in [-0.25, -0.2) is 4.98 Å². The Morgan fingerprint density at radius 2 is 2.21 bits per heavy atom. The Bertz CT molecular complexity index is 609. The van der Waals surface area contributed by atoms with E-state index in [-0.39, 0.29) is 5.91 Å². The molecule has 0 fully saturated rings. The second-order valence-electron chi connectivity index (χ2n) is 4.48. The fraction of sp³-hybridized carbons (Fsp3) is 0.385. The Morgan fingerprint density at radius 1 is 1.47 bits per heavy atom. The molecule has 19 heavy (non-hydrogen) atoms. The van der Waals surface area contributed by atoms with Crippen LogP contribution in [0.15, 0.2) is 18.2 Å². The summed E-state index contributed by atoms with van der Waals surface area (Å²) < 4.78 is 3.17. The Balaban J connectivity index is 2.33. The maximum absolute atomic E-state index is 11.7. The fourth-order valence-electron chi connectivity index (χ4n) is 1.94. The first-order valence-electron chi connectivity index (χ1n) is 5.93. The van der Waals surface area contributed by atoms with Crippen molar-refractivity contribution in [3.63, 3.8) is 0 Å². The molecule has 2 rings (SSSR count). The van der Waals surface area contributed by atoms with E-state index in [2.05, 4.69) is 27.6 Å². The minimum atomic E-state index is 0.105. The molecule has 0 radical (unpaired) electrons. The van der Waals surface area contributed by atoms with E-state index in [4.69, 9.17) is 11.6 Å².